The number of nitrogen functional groups attached to an aromatic ring is 2. The fraction of sp³-hybridized carbons (Fsp3) is 0.150. The van der Waals surface area contributed by atoms with Gasteiger partial charge in [0, 0.05) is 23.4 Å². The smallest absolute Gasteiger partial charge is 0.330 e. The molecule has 0 radical (unpaired) electrons. The van der Waals surface area contributed by atoms with E-state index in [2.05, 4.69) is 5.32 Å². The number of rotatable bonds is 8. The molecular weight excluding hydrogens is 376 g/mol. The van der Waals surface area contributed by atoms with E-state index >= 15 is 0 Å². The predicted octanol–water partition coefficient (Wildman–Crippen LogP) is 2.30. The largest absolute Gasteiger partial charge is 0.496 e. The van der Waals surface area contributed by atoms with Gasteiger partial charge in [-0.1, -0.05) is 0 Å². The summed E-state index contributed by atoms with van der Waals surface area (Å²) in [6.07, 6.45) is 4.23. The molecule has 29 heavy (non-hydrogen) atoms. The van der Waals surface area contributed by atoms with Crippen LogP contribution in [0.1, 0.15) is 12.0 Å². The van der Waals surface area contributed by atoms with Crippen molar-refractivity contribution >= 4 is 35.0 Å². The third-order valence-corrected chi connectivity index (χ3v) is 3.69. The van der Waals surface area contributed by atoms with Crippen molar-refractivity contribution in [2.45, 2.75) is 6.42 Å². The third kappa shape index (κ3) is 6.48. The third-order valence-electron chi connectivity index (χ3n) is 3.69. The molecular formula is C20H20N4O5. The molecule has 0 atom stereocenters. The minimum atomic E-state index is -0.621. The molecule has 2 rings (SSSR count). The molecule has 150 valence electrons. The molecule has 0 aliphatic rings. The Balaban J connectivity index is 1.83. The number of amides is 1. The van der Waals surface area contributed by atoms with Gasteiger partial charge in [-0.15, -0.1) is 5.26 Å². The Morgan fingerprint density at radius 1 is 1.21 bits per heavy atom. The lowest BCUT2D eigenvalue weighted by Crippen LogP contribution is -2.16. The van der Waals surface area contributed by atoms with Gasteiger partial charge in [-0.25, -0.2) is 4.79 Å². The molecule has 0 aliphatic carbocycles. The van der Waals surface area contributed by atoms with E-state index in [0.29, 0.717) is 34.1 Å². The van der Waals surface area contributed by atoms with Crippen LogP contribution in [0, 0.1) is 11.5 Å². The molecule has 0 aromatic heterocycles. The maximum absolute atomic E-state index is 11.9. The maximum atomic E-state index is 11.9. The molecule has 5 N–H and O–H groups in total. The first-order valence-corrected chi connectivity index (χ1v) is 8.46. The van der Waals surface area contributed by atoms with Gasteiger partial charge in [0.05, 0.1) is 24.9 Å². The maximum Gasteiger partial charge on any atom is 0.330 e. The van der Waals surface area contributed by atoms with Crippen molar-refractivity contribution < 1.29 is 23.8 Å². The summed E-state index contributed by atoms with van der Waals surface area (Å²) in [5.74, 6) is -0.240. The lowest BCUT2D eigenvalue weighted by molar-refractivity contribution is -0.138. The van der Waals surface area contributed by atoms with Crippen LogP contribution in [0.2, 0.25) is 0 Å². The van der Waals surface area contributed by atoms with Crippen molar-refractivity contribution in [2.24, 2.45) is 0 Å². The topological polar surface area (TPSA) is 150 Å². The first-order chi connectivity index (χ1) is 13.9. The molecule has 0 saturated carbocycles. The number of nitriles is 1. The number of carbonyl (C=O) groups excluding carboxylic acids is 2. The highest BCUT2D eigenvalue weighted by Gasteiger charge is 2.08. The van der Waals surface area contributed by atoms with Crippen molar-refractivity contribution in [1.82, 2.24) is 0 Å². The highest BCUT2D eigenvalue weighted by Crippen LogP contribution is 2.25. The number of benzene rings is 2. The molecule has 2 aromatic carbocycles. The number of nitrogens with zero attached hydrogens (tertiary/aromatic N) is 1. The van der Waals surface area contributed by atoms with E-state index in [1.165, 1.54) is 31.4 Å². The highest BCUT2D eigenvalue weighted by atomic mass is 16.5. The summed E-state index contributed by atoms with van der Waals surface area (Å²) < 4.78 is 14.9. The van der Waals surface area contributed by atoms with Crippen LogP contribution in [0.25, 0.3) is 6.08 Å². The Labute approximate surface area is 167 Å². The molecule has 0 spiro atoms. The zero-order chi connectivity index (χ0) is 21.2. The molecule has 0 heterocycles. The van der Waals surface area contributed by atoms with E-state index in [0.717, 1.165) is 0 Å². The minimum Gasteiger partial charge on any atom is -0.496 e. The van der Waals surface area contributed by atoms with Crippen LogP contribution in [0.4, 0.5) is 17.1 Å². The number of esters is 1. The Morgan fingerprint density at radius 2 is 2.00 bits per heavy atom. The quantitative estimate of drug-likeness (QED) is 0.266. The van der Waals surface area contributed by atoms with Gasteiger partial charge >= 0.3 is 5.97 Å². The van der Waals surface area contributed by atoms with E-state index in [1.54, 1.807) is 30.5 Å². The van der Waals surface area contributed by atoms with Crippen molar-refractivity contribution in [2.75, 3.05) is 30.5 Å². The first kappa shape index (κ1) is 21.1. The van der Waals surface area contributed by atoms with E-state index in [9.17, 15) is 9.59 Å². The lowest BCUT2D eigenvalue weighted by Gasteiger charge is -2.09. The van der Waals surface area contributed by atoms with Crippen LogP contribution in [0.5, 0.6) is 11.5 Å². The normalized spacial score (nSPS) is 10.2. The van der Waals surface area contributed by atoms with Gasteiger partial charge in [-0.2, -0.15) is 0 Å². The summed E-state index contributed by atoms with van der Waals surface area (Å²) in [4.78, 5) is 23.8. The van der Waals surface area contributed by atoms with Crippen LogP contribution in [-0.2, 0) is 14.3 Å². The van der Waals surface area contributed by atoms with Crippen molar-refractivity contribution in [3.8, 4) is 17.8 Å². The second-order valence-electron chi connectivity index (χ2n) is 5.74. The number of nitrogens with two attached hydrogens (primary N) is 2. The van der Waals surface area contributed by atoms with Gasteiger partial charge in [0.25, 0.3) is 6.26 Å². The average Bonchev–Trinajstić information content (AvgIpc) is 2.69. The number of hydrogen-bond acceptors (Lipinski definition) is 8. The van der Waals surface area contributed by atoms with Gasteiger partial charge in [0.1, 0.15) is 18.1 Å². The average molecular weight is 396 g/mol. The molecule has 0 saturated heterocycles. The van der Waals surface area contributed by atoms with Crippen LogP contribution >= 0.6 is 0 Å². The van der Waals surface area contributed by atoms with Crippen LogP contribution in [0.3, 0.4) is 0 Å². The van der Waals surface area contributed by atoms with Crippen LogP contribution in [-0.4, -0.2) is 25.6 Å². The zero-order valence-electron chi connectivity index (χ0n) is 15.7. The monoisotopic (exact) mass is 396 g/mol. The molecule has 0 aliphatic heterocycles. The highest BCUT2D eigenvalue weighted by molar-refractivity contribution is 5.94. The van der Waals surface area contributed by atoms with Crippen molar-refractivity contribution in [1.29, 1.82) is 5.26 Å². The Bertz CT molecular complexity index is 966. The number of hydrogen-bond donors (Lipinski definition) is 3. The summed E-state index contributed by atoms with van der Waals surface area (Å²) in [5.41, 5.74) is 13.2. The summed E-state index contributed by atoms with van der Waals surface area (Å²) in [7, 11) is 1.45. The van der Waals surface area contributed by atoms with Crippen LogP contribution < -0.4 is 26.3 Å². The zero-order valence-corrected chi connectivity index (χ0v) is 15.7. The SMILES string of the molecule is COc1cc(OC#N)ccc1/C=C/C(=O)OCCC(=O)Nc1ccc(N)cc1N. The standard InChI is InChI=1S/C20H20N4O5/c1-27-18-11-15(29-12-21)5-2-13(18)3-7-20(26)28-9-8-19(25)24-17-6-4-14(22)10-16(17)23/h2-7,10-11H,8-9,22-23H2,1H3,(H,24,25)/b7-3+. The Morgan fingerprint density at radius 3 is 2.69 bits per heavy atom. The summed E-state index contributed by atoms with van der Waals surface area (Å²) >= 11 is 0. The Kier molecular flexibility index (Phi) is 7.44. The van der Waals surface area contributed by atoms with Crippen molar-refractivity contribution in [3.63, 3.8) is 0 Å². The molecule has 0 bridgehead atoms. The summed E-state index contributed by atoms with van der Waals surface area (Å²) in [6, 6.07) is 9.45. The first-order valence-electron chi connectivity index (χ1n) is 8.46. The second-order valence-corrected chi connectivity index (χ2v) is 5.74. The van der Waals surface area contributed by atoms with E-state index in [-0.39, 0.29) is 18.9 Å². The van der Waals surface area contributed by atoms with Gasteiger partial charge in [-0.3, -0.25) is 4.79 Å². The molecule has 9 heteroatoms. The van der Waals surface area contributed by atoms with E-state index in [1.807, 2.05) is 0 Å². The van der Waals surface area contributed by atoms with Gasteiger partial charge in [-0.05, 0) is 36.4 Å². The molecule has 0 fully saturated rings. The van der Waals surface area contributed by atoms with Gasteiger partial charge < -0.3 is 31.0 Å². The molecule has 1 amide bonds. The van der Waals surface area contributed by atoms with Crippen LogP contribution in [0.15, 0.2) is 42.5 Å². The Hall–Kier alpha value is -4.19. The van der Waals surface area contributed by atoms with Gasteiger partial charge in [0.15, 0.2) is 0 Å². The summed E-state index contributed by atoms with van der Waals surface area (Å²) in [5, 5.41) is 11.1. The molecule has 0 unspecified atom stereocenters. The van der Waals surface area contributed by atoms with Gasteiger partial charge in [0.2, 0.25) is 5.91 Å². The number of nitrogens with one attached hydrogen (secondary N) is 1. The van der Waals surface area contributed by atoms with Crippen molar-refractivity contribution in [3.05, 3.63) is 48.0 Å². The second kappa shape index (κ2) is 10.2. The lowest BCUT2D eigenvalue weighted by atomic mass is 10.2. The van der Waals surface area contributed by atoms with E-state index in [4.69, 9.17) is 30.9 Å². The predicted molar refractivity (Wildman–Crippen MR) is 108 cm³/mol. The molecule has 2 aromatic rings. The fourth-order valence-corrected chi connectivity index (χ4v) is 2.30. The number of ether oxygens (including phenoxy) is 3. The number of carbonyl (C=O) groups is 2. The fourth-order valence-electron chi connectivity index (χ4n) is 2.30. The van der Waals surface area contributed by atoms with E-state index < -0.39 is 5.97 Å². The number of anilines is 3. The summed E-state index contributed by atoms with van der Waals surface area (Å²) in [6.45, 7) is -0.101. The number of methoxy groups -OCH3 is 1. The molecule has 9 nitrogen and oxygen atoms in total. The minimum absolute atomic E-state index is 0.0348.